The van der Waals surface area contributed by atoms with Gasteiger partial charge in [-0.15, -0.1) is 11.3 Å². The lowest BCUT2D eigenvalue weighted by Crippen LogP contribution is -2.44. The third kappa shape index (κ3) is 3.60. The number of aryl methyl sites for hydroxylation is 1. The Morgan fingerprint density at radius 1 is 1.54 bits per heavy atom. The van der Waals surface area contributed by atoms with Crippen molar-refractivity contribution in [3.8, 4) is 0 Å². The van der Waals surface area contributed by atoms with Crippen molar-refractivity contribution in [3.05, 3.63) is 56.0 Å². The van der Waals surface area contributed by atoms with E-state index in [1.54, 1.807) is 17.0 Å². The van der Waals surface area contributed by atoms with Crippen LogP contribution < -0.4 is 0 Å². The van der Waals surface area contributed by atoms with Crippen LogP contribution in [0, 0.1) is 17.0 Å². The number of aromatic nitrogens is 1. The zero-order valence-corrected chi connectivity index (χ0v) is 14.0. The predicted octanol–water partition coefficient (Wildman–Crippen LogP) is 2.50. The molecule has 1 fully saturated rings. The van der Waals surface area contributed by atoms with Crippen LogP contribution in [-0.4, -0.2) is 40.5 Å². The number of non-ortho nitro benzene ring substituents is 1. The van der Waals surface area contributed by atoms with Crippen LogP contribution in [0.15, 0.2) is 29.6 Å². The highest BCUT2D eigenvalue weighted by Gasteiger charge is 2.30. The van der Waals surface area contributed by atoms with E-state index in [0.717, 1.165) is 10.7 Å². The van der Waals surface area contributed by atoms with E-state index in [1.807, 2.05) is 12.3 Å². The summed E-state index contributed by atoms with van der Waals surface area (Å²) in [5.74, 6) is -0.0725. The van der Waals surface area contributed by atoms with Crippen LogP contribution in [0.5, 0.6) is 0 Å². The Kier molecular flexibility index (Phi) is 4.86. The van der Waals surface area contributed by atoms with Gasteiger partial charge in [0.15, 0.2) is 0 Å². The van der Waals surface area contributed by atoms with E-state index < -0.39 is 4.92 Å². The number of amides is 1. The minimum atomic E-state index is -0.455. The van der Waals surface area contributed by atoms with Crippen LogP contribution in [0.1, 0.15) is 22.3 Å². The van der Waals surface area contributed by atoms with Gasteiger partial charge >= 0.3 is 0 Å². The Morgan fingerprint density at radius 3 is 3.08 bits per heavy atom. The SMILES string of the molecule is Cc1csc([C@H]2COCCN2C(=O)Cc2cccc([N+](=O)[O-])c2)n1. The standard InChI is InChI=1S/C16H17N3O4S/c1-11-10-24-16(17-11)14-9-23-6-5-18(14)15(20)8-12-3-2-4-13(7-12)19(21)22/h2-4,7,10,14H,5-6,8-9H2,1H3/t14-/m1/s1. The lowest BCUT2D eigenvalue weighted by Gasteiger charge is -2.34. The highest BCUT2D eigenvalue weighted by Crippen LogP contribution is 2.27. The minimum Gasteiger partial charge on any atom is -0.377 e. The minimum absolute atomic E-state index is 0.00521. The maximum atomic E-state index is 12.7. The average Bonchev–Trinajstić information content (AvgIpc) is 3.01. The number of hydrogen-bond acceptors (Lipinski definition) is 6. The van der Waals surface area contributed by atoms with Crippen molar-refractivity contribution in [1.82, 2.24) is 9.88 Å². The van der Waals surface area contributed by atoms with Crippen molar-refractivity contribution < 1.29 is 14.5 Å². The van der Waals surface area contributed by atoms with Gasteiger partial charge in [-0.3, -0.25) is 14.9 Å². The molecule has 7 nitrogen and oxygen atoms in total. The molecule has 0 bridgehead atoms. The molecule has 0 radical (unpaired) electrons. The van der Waals surface area contributed by atoms with Crippen LogP contribution in [0.25, 0.3) is 0 Å². The second kappa shape index (κ2) is 7.06. The maximum Gasteiger partial charge on any atom is 0.269 e. The molecule has 1 aliphatic heterocycles. The van der Waals surface area contributed by atoms with Crippen LogP contribution in [0.3, 0.4) is 0 Å². The van der Waals surface area contributed by atoms with Gasteiger partial charge < -0.3 is 9.64 Å². The fourth-order valence-electron chi connectivity index (χ4n) is 2.69. The Balaban J connectivity index is 1.77. The van der Waals surface area contributed by atoms with E-state index in [0.29, 0.717) is 25.3 Å². The van der Waals surface area contributed by atoms with Crippen LogP contribution in [0.2, 0.25) is 0 Å². The lowest BCUT2D eigenvalue weighted by molar-refractivity contribution is -0.384. The smallest absolute Gasteiger partial charge is 0.269 e. The van der Waals surface area contributed by atoms with Crippen molar-refractivity contribution in [3.63, 3.8) is 0 Å². The Labute approximate surface area is 143 Å². The molecule has 1 amide bonds. The summed E-state index contributed by atoms with van der Waals surface area (Å²) in [6.07, 6.45) is 0.128. The molecule has 1 saturated heterocycles. The second-order valence-corrected chi connectivity index (χ2v) is 6.50. The molecule has 0 aliphatic carbocycles. The molecule has 1 aliphatic rings. The summed E-state index contributed by atoms with van der Waals surface area (Å²) in [6.45, 7) is 3.32. The number of nitro benzene ring substituents is 1. The maximum absolute atomic E-state index is 12.7. The lowest BCUT2D eigenvalue weighted by atomic mass is 10.1. The van der Waals surface area contributed by atoms with Crippen molar-refractivity contribution >= 4 is 22.9 Å². The molecule has 24 heavy (non-hydrogen) atoms. The fourth-order valence-corrected chi connectivity index (χ4v) is 3.58. The summed E-state index contributed by atoms with van der Waals surface area (Å²) >= 11 is 1.52. The van der Waals surface area contributed by atoms with Gasteiger partial charge in [0.25, 0.3) is 5.69 Å². The van der Waals surface area contributed by atoms with E-state index >= 15 is 0 Å². The monoisotopic (exact) mass is 347 g/mol. The van der Waals surface area contributed by atoms with Gasteiger partial charge in [-0.25, -0.2) is 4.98 Å². The third-order valence-corrected chi connectivity index (χ3v) is 4.91. The predicted molar refractivity (Wildman–Crippen MR) is 88.9 cm³/mol. The van der Waals surface area contributed by atoms with Crippen molar-refractivity contribution in [2.45, 2.75) is 19.4 Å². The molecule has 1 aromatic heterocycles. The van der Waals surface area contributed by atoms with Crippen LogP contribution in [0.4, 0.5) is 5.69 Å². The largest absolute Gasteiger partial charge is 0.377 e. The number of nitro groups is 1. The highest BCUT2D eigenvalue weighted by molar-refractivity contribution is 7.09. The summed E-state index contributed by atoms with van der Waals surface area (Å²) in [5.41, 5.74) is 1.55. The van der Waals surface area contributed by atoms with Gasteiger partial charge in [0.1, 0.15) is 11.0 Å². The van der Waals surface area contributed by atoms with Crippen molar-refractivity contribution in [1.29, 1.82) is 0 Å². The highest BCUT2D eigenvalue weighted by atomic mass is 32.1. The van der Waals surface area contributed by atoms with Crippen LogP contribution >= 0.6 is 11.3 Å². The van der Waals surface area contributed by atoms with Crippen LogP contribution in [-0.2, 0) is 16.0 Å². The van der Waals surface area contributed by atoms with Gasteiger partial charge in [-0.05, 0) is 12.5 Å². The van der Waals surface area contributed by atoms with Gasteiger partial charge in [0.05, 0.1) is 24.6 Å². The molecule has 8 heteroatoms. The first kappa shape index (κ1) is 16.5. The molecule has 1 atom stereocenters. The number of ether oxygens (including phenoxy) is 1. The van der Waals surface area contributed by atoms with Gasteiger partial charge in [0, 0.05) is 29.8 Å². The zero-order valence-electron chi connectivity index (χ0n) is 13.2. The Hall–Kier alpha value is -2.32. The first-order valence-electron chi connectivity index (χ1n) is 7.57. The molecule has 0 unspecified atom stereocenters. The van der Waals surface area contributed by atoms with Crippen molar-refractivity contribution in [2.24, 2.45) is 0 Å². The van der Waals surface area contributed by atoms with E-state index in [1.165, 1.54) is 23.5 Å². The number of hydrogen-bond donors (Lipinski definition) is 0. The van der Waals surface area contributed by atoms with Gasteiger partial charge in [0.2, 0.25) is 5.91 Å². The summed E-state index contributed by atoms with van der Waals surface area (Å²) in [5, 5.41) is 13.7. The Bertz CT molecular complexity index is 761. The first-order valence-corrected chi connectivity index (χ1v) is 8.45. The molecule has 2 aromatic rings. The van der Waals surface area contributed by atoms with E-state index in [4.69, 9.17) is 4.74 Å². The molecule has 3 rings (SSSR count). The first-order chi connectivity index (χ1) is 11.5. The van der Waals surface area contributed by atoms with E-state index in [9.17, 15) is 14.9 Å². The van der Waals surface area contributed by atoms with Gasteiger partial charge in [-0.1, -0.05) is 12.1 Å². The second-order valence-electron chi connectivity index (χ2n) is 5.61. The van der Waals surface area contributed by atoms with Gasteiger partial charge in [-0.2, -0.15) is 0 Å². The quantitative estimate of drug-likeness (QED) is 0.626. The summed E-state index contributed by atoms with van der Waals surface area (Å²) in [7, 11) is 0. The summed E-state index contributed by atoms with van der Waals surface area (Å²) in [4.78, 5) is 29.4. The molecule has 0 saturated carbocycles. The molecule has 1 aromatic carbocycles. The number of morpholine rings is 1. The fraction of sp³-hybridized carbons (Fsp3) is 0.375. The molecular weight excluding hydrogens is 330 g/mol. The number of rotatable bonds is 4. The number of benzene rings is 1. The summed E-state index contributed by atoms with van der Waals surface area (Å²) in [6, 6.07) is 6.00. The third-order valence-electron chi connectivity index (χ3n) is 3.85. The molecule has 0 N–H and O–H groups in total. The van der Waals surface area contributed by atoms with E-state index in [-0.39, 0.29) is 24.1 Å². The average molecular weight is 347 g/mol. The number of carbonyl (C=O) groups excluding carboxylic acids is 1. The Morgan fingerprint density at radius 2 is 2.38 bits per heavy atom. The van der Waals surface area contributed by atoms with Crippen molar-refractivity contribution in [2.75, 3.05) is 19.8 Å². The molecule has 0 spiro atoms. The number of carbonyl (C=O) groups is 1. The topological polar surface area (TPSA) is 85.6 Å². The zero-order chi connectivity index (χ0) is 17.1. The number of nitrogens with zero attached hydrogens (tertiary/aromatic N) is 3. The number of thiazole rings is 1. The molecule has 2 heterocycles. The normalized spacial score (nSPS) is 17.7. The summed E-state index contributed by atoms with van der Waals surface area (Å²) < 4.78 is 5.51. The van der Waals surface area contributed by atoms with E-state index in [2.05, 4.69) is 4.98 Å². The molecular formula is C16H17N3O4S. The molecule has 126 valence electrons.